The second kappa shape index (κ2) is 6.09. The number of nitrogens with one attached hydrogen (secondary N) is 1. The zero-order valence-electron chi connectivity index (χ0n) is 13.0. The first-order valence-corrected chi connectivity index (χ1v) is 8.61. The summed E-state index contributed by atoms with van der Waals surface area (Å²) in [5, 5.41) is 7.62. The van der Waals surface area contributed by atoms with Crippen LogP contribution in [-0.4, -0.2) is 31.4 Å². The SMILES string of the molecule is Cc1nn(-c2ccccn2)c2c1[C@@H](c1cccnc1)SCC(=O)N2. The summed E-state index contributed by atoms with van der Waals surface area (Å²) in [5.41, 5.74) is 2.94. The van der Waals surface area contributed by atoms with E-state index < -0.39 is 0 Å². The number of fused-ring (bicyclic) bond motifs is 1. The lowest BCUT2D eigenvalue weighted by molar-refractivity contribution is -0.113. The summed E-state index contributed by atoms with van der Waals surface area (Å²) >= 11 is 1.58. The number of rotatable bonds is 2. The molecule has 1 atom stereocenters. The highest BCUT2D eigenvalue weighted by molar-refractivity contribution is 8.00. The van der Waals surface area contributed by atoms with E-state index in [4.69, 9.17) is 0 Å². The van der Waals surface area contributed by atoms with Gasteiger partial charge in [-0.1, -0.05) is 12.1 Å². The van der Waals surface area contributed by atoms with Crippen molar-refractivity contribution in [3.05, 3.63) is 65.7 Å². The van der Waals surface area contributed by atoms with Crippen LogP contribution in [0, 0.1) is 6.92 Å². The second-order valence-corrected chi connectivity index (χ2v) is 6.57. The highest BCUT2D eigenvalue weighted by Crippen LogP contribution is 2.43. The molecule has 0 aliphatic carbocycles. The van der Waals surface area contributed by atoms with Crippen molar-refractivity contribution in [2.24, 2.45) is 0 Å². The van der Waals surface area contributed by atoms with Crippen molar-refractivity contribution >= 4 is 23.5 Å². The van der Waals surface area contributed by atoms with Gasteiger partial charge >= 0.3 is 0 Å². The number of thioether (sulfide) groups is 1. The van der Waals surface area contributed by atoms with Gasteiger partial charge in [0.05, 0.1) is 16.7 Å². The van der Waals surface area contributed by atoms with E-state index in [9.17, 15) is 4.79 Å². The van der Waals surface area contributed by atoms with Crippen molar-refractivity contribution < 1.29 is 4.79 Å². The van der Waals surface area contributed by atoms with E-state index >= 15 is 0 Å². The van der Waals surface area contributed by atoms with Gasteiger partial charge in [0.25, 0.3) is 0 Å². The van der Waals surface area contributed by atoms with Gasteiger partial charge in [-0.05, 0) is 30.7 Å². The van der Waals surface area contributed by atoms with Crippen LogP contribution in [0.1, 0.15) is 22.1 Å². The first kappa shape index (κ1) is 14.9. The molecule has 120 valence electrons. The fraction of sp³-hybridized carbons (Fsp3) is 0.176. The minimum Gasteiger partial charge on any atom is -0.310 e. The van der Waals surface area contributed by atoms with Crippen LogP contribution in [0.25, 0.3) is 5.82 Å². The number of pyridine rings is 2. The molecule has 1 N–H and O–H groups in total. The number of aryl methyl sites for hydroxylation is 1. The quantitative estimate of drug-likeness (QED) is 0.778. The summed E-state index contributed by atoms with van der Waals surface area (Å²) in [7, 11) is 0. The van der Waals surface area contributed by atoms with Crippen LogP contribution in [0.2, 0.25) is 0 Å². The highest BCUT2D eigenvalue weighted by Gasteiger charge is 2.30. The maximum absolute atomic E-state index is 12.2. The Morgan fingerprint density at radius 2 is 2.17 bits per heavy atom. The highest BCUT2D eigenvalue weighted by atomic mass is 32.2. The molecular weight excluding hydrogens is 322 g/mol. The van der Waals surface area contributed by atoms with Crippen LogP contribution in [0.3, 0.4) is 0 Å². The summed E-state index contributed by atoms with van der Waals surface area (Å²) < 4.78 is 1.71. The Bertz CT molecular complexity index is 879. The number of aromatic nitrogens is 4. The topological polar surface area (TPSA) is 72.7 Å². The molecule has 24 heavy (non-hydrogen) atoms. The largest absolute Gasteiger partial charge is 0.310 e. The first-order valence-electron chi connectivity index (χ1n) is 7.56. The predicted molar refractivity (Wildman–Crippen MR) is 93.3 cm³/mol. The van der Waals surface area contributed by atoms with Crippen LogP contribution in [-0.2, 0) is 4.79 Å². The summed E-state index contributed by atoms with van der Waals surface area (Å²) in [4.78, 5) is 20.8. The number of hydrogen-bond acceptors (Lipinski definition) is 5. The first-order chi connectivity index (χ1) is 11.7. The van der Waals surface area contributed by atoms with Crippen LogP contribution in [0.4, 0.5) is 5.82 Å². The zero-order chi connectivity index (χ0) is 16.5. The Kier molecular flexibility index (Phi) is 3.78. The van der Waals surface area contributed by atoms with E-state index in [1.54, 1.807) is 28.8 Å². The Morgan fingerprint density at radius 1 is 1.25 bits per heavy atom. The number of carbonyl (C=O) groups excluding carboxylic acids is 1. The van der Waals surface area contributed by atoms with Gasteiger partial charge in [0, 0.05) is 24.2 Å². The number of nitrogens with zero attached hydrogens (tertiary/aromatic N) is 4. The third kappa shape index (κ3) is 2.56. The molecule has 0 radical (unpaired) electrons. The third-order valence-corrected chi connectivity index (χ3v) is 5.13. The van der Waals surface area contributed by atoms with Crippen molar-refractivity contribution in [3.63, 3.8) is 0 Å². The molecule has 0 spiro atoms. The lowest BCUT2D eigenvalue weighted by Crippen LogP contribution is -2.16. The second-order valence-electron chi connectivity index (χ2n) is 5.47. The molecule has 1 aliphatic heterocycles. The number of carbonyl (C=O) groups is 1. The molecule has 6 nitrogen and oxygen atoms in total. The Morgan fingerprint density at radius 3 is 2.92 bits per heavy atom. The van der Waals surface area contributed by atoms with E-state index in [0.717, 1.165) is 16.8 Å². The fourth-order valence-corrected chi connectivity index (χ4v) is 3.99. The van der Waals surface area contributed by atoms with Crippen molar-refractivity contribution in [3.8, 4) is 5.82 Å². The van der Waals surface area contributed by atoms with Gasteiger partial charge in [0.15, 0.2) is 5.82 Å². The molecule has 3 aromatic heterocycles. The molecule has 4 rings (SSSR count). The lowest BCUT2D eigenvalue weighted by Gasteiger charge is -2.14. The molecule has 0 aromatic carbocycles. The third-order valence-electron chi connectivity index (χ3n) is 3.86. The number of hydrogen-bond donors (Lipinski definition) is 1. The van der Waals surface area contributed by atoms with Crippen LogP contribution < -0.4 is 5.32 Å². The van der Waals surface area contributed by atoms with Crippen molar-refractivity contribution in [1.29, 1.82) is 0 Å². The van der Waals surface area contributed by atoms with Crippen molar-refractivity contribution in [2.45, 2.75) is 12.2 Å². The molecule has 0 bridgehead atoms. The smallest absolute Gasteiger partial charge is 0.235 e. The van der Waals surface area contributed by atoms with E-state index in [2.05, 4.69) is 20.4 Å². The standard InChI is InChI=1S/C17H15N5OS/c1-11-15-16(12-5-4-7-18-9-12)24-10-14(23)20-17(15)22(21-11)13-6-2-3-8-19-13/h2-9,16H,10H2,1H3,(H,20,23)/t16-/m1/s1. The predicted octanol–water partition coefficient (Wildman–Crippen LogP) is 2.75. The molecule has 0 unspecified atom stereocenters. The molecule has 0 saturated carbocycles. The van der Waals surface area contributed by atoms with E-state index in [1.165, 1.54) is 0 Å². The molecule has 7 heteroatoms. The minimum atomic E-state index is -0.0373. The van der Waals surface area contributed by atoms with E-state index in [1.807, 2.05) is 43.5 Å². The summed E-state index contributed by atoms with van der Waals surface area (Å²) in [6, 6.07) is 9.56. The molecule has 0 fully saturated rings. The Balaban J connectivity index is 1.90. The van der Waals surface area contributed by atoms with Crippen molar-refractivity contribution in [2.75, 3.05) is 11.1 Å². The Hall–Kier alpha value is -2.67. The van der Waals surface area contributed by atoms with E-state index in [-0.39, 0.29) is 11.2 Å². The number of amides is 1. The van der Waals surface area contributed by atoms with Gasteiger partial charge in [0.2, 0.25) is 5.91 Å². The monoisotopic (exact) mass is 337 g/mol. The van der Waals surface area contributed by atoms with Gasteiger partial charge in [-0.25, -0.2) is 4.98 Å². The normalized spacial score (nSPS) is 17.0. The van der Waals surface area contributed by atoms with Crippen LogP contribution >= 0.6 is 11.8 Å². The summed E-state index contributed by atoms with van der Waals surface area (Å²) in [6.07, 6.45) is 5.30. The van der Waals surface area contributed by atoms with Crippen LogP contribution in [0.15, 0.2) is 48.9 Å². The average molecular weight is 337 g/mol. The van der Waals surface area contributed by atoms with Gasteiger partial charge < -0.3 is 5.32 Å². The van der Waals surface area contributed by atoms with Crippen molar-refractivity contribution in [1.82, 2.24) is 19.7 Å². The lowest BCUT2D eigenvalue weighted by atomic mass is 10.1. The van der Waals surface area contributed by atoms with Gasteiger partial charge in [0.1, 0.15) is 5.82 Å². The average Bonchev–Trinajstić information content (AvgIpc) is 2.83. The zero-order valence-corrected chi connectivity index (χ0v) is 13.8. The molecular formula is C17H15N5OS. The Labute approximate surface area is 143 Å². The molecule has 4 heterocycles. The molecule has 0 saturated heterocycles. The van der Waals surface area contributed by atoms with Gasteiger partial charge in [-0.2, -0.15) is 9.78 Å². The van der Waals surface area contributed by atoms with Gasteiger partial charge in [-0.15, -0.1) is 11.8 Å². The summed E-state index contributed by atoms with van der Waals surface area (Å²) in [6.45, 7) is 1.96. The van der Waals surface area contributed by atoms with Crippen LogP contribution in [0.5, 0.6) is 0 Å². The molecule has 3 aromatic rings. The molecule has 1 aliphatic rings. The maximum Gasteiger partial charge on any atom is 0.235 e. The molecule has 1 amide bonds. The summed E-state index contributed by atoms with van der Waals surface area (Å²) in [5.74, 6) is 1.72. The number of anilines is 1. The van der Waals surface area contributed by atoms with Gasteiger partial charge in [-0.3, -0.25) is 9.78 Å². The van der Waals surface area contributed by atoms with E-state index in [0.29, 0.717) is 17.4 Å². The maximum atomic E-state index is 12.2. The minimum absolute atomic E-state index is 0.00473. The fourth-order valence-electron chi connectivity index (χ4n) is 2.82.